The highest BCUT2D eigenvalue weighted by Crippen LogP contribution is 2.17. The first-order valence-electron chi connectivity index (χ1n) is 10.1. The Bertz CT molecular complexity index is 718. The van der Waals surface area contributed by atoms with Gasteiger partial charge in [-0.15, -0.1) is 0 Å². The van der Waals surface area contributed by atoms with Gasteiger partial charge in [0, 0.05) is 6.04 Å². The predicted molar refractivity (Wildman–Crippen MR) is 112 cm³/mol. The molecule has 0 saturated heterocycles. The Labute approximate surface area is 180 Å². The molecule has 1 aromatic heterocycles. The number of imide groups is 1. The Morgan fingerprint density at radius 2 is 1.97 bits per heavy atom. The lowest BCUT2D eigenvalue weighted by Crippen LogP contribution is -2.49. The minimum Gasteiger partial charge on any atom is -0.459 e. The third kappa shape index (κ3) is 7.74. The van der Waals surface area contributed by atoms with Crippen LogP contribution in [0.1, 0.15) is 56.0 Å². The van der Waals surface area contributed by atoms with Crippen molar-refractivity contribution in [2.75, 3.05) is 12.0 Å². The molecule has 0 aliphatic heterocycles. The predicted octanol–water partition coefficient (Wildman–Crippen LogP) is 2.22. The molecule has 0 unspecified atom stereocenters. The molecule has 2 rings (SSSR count). The first kappa shape index (κ1) is 23.8. The van der Waals surface area contributed by atoms with Crippen LogP contribution in [0.3, 0.4) is 0 Å². The van der Waals surface area contributed by atoms with Crippen LogP contribution < -0.4 is 16.0 Å². The van der Waals surface area contributed by atoms with Gasteiger partial charge in [-0.2, -0.15) is 11.8 Å². The molecule has 166 valence electrons. The largest absolute Gasteiger partial charge is 0.459 e. The number of furan rings is 1. The summed E-state index contributed by atoms with van der Waals surface area (Å²) in [4.78, 5) is 48.9. The van der Waals surface area contributed by atoms with Gasteiger partial charge in [0.1, 0.15) is 6.04 Å². The quantitative estimate of drug-likeness (QED) is 0.504. The van der Waals surface area contributed by atoms with E-state index in [1.54, 1.807) is 6.07 Å². The van der Waals surface area contributed by atoms with Gasteiger partial charge in [0.25, 0.3) is 11.8 Å². The molecule has 1 aliphatic carbocycles. The molecule has 9 nitrogen and oxygen atoms in total. The average molecular weight is 440 g/mol. The van der Waals surface area contributed by atoms with Crippen molar-refractivity contribution in [1.29, 1.82) is 0 Å². The van der Waals surface area contributed by atoms with Crippen molar-refractivity contribution in [2.45, 2.75) is 63.6 Å². The van der Waals surface area contributed by atoms with Gasteiger partial charge in [-0.05, 0) is 50.3 Å². The summed E-state index contributed by atoms with van der Waals surface area (Å²) >= 11 is 1.51. The zero-order valence-electron chi connectivity index (χ0n) is 17.3. The van der Waals surface area contributed by atoms with E-state index in [0.717, 1.165) is 32.1 Å². The SMILES string of the molecule is CSCC[C@@H](NC(=O)c1ccco1)C(=O)O[C@@H](C)C(=O)NC(=O)NC1CCCCC1. The number of carbonyl (C=O) groups excluding carboxylic acids is 4. The smallest absolute Gasteiger partial charge is 0.329 e. The Balaban J connectivity index is 1.85. The van der Waals surface area contributed by atoms with Crippen molar-refractivity contribution in [1.82, 2.24) is 16.0 Å². The van der Waals surface area contributed by atoms with Crippen LogP contribution in [0, 0.1) is 0 Å². The number of rotatable bonds is 9. The van der Waals surface area contributed by atoms with Crippen molar-refractivity contribution >= 4 is 35.6 Å². The Hall–Kier alpha value is -2.49. The van der Waals surface area contributed by atoms with Crippen LogP contribution in [0.2, 0.25) is 0 Å². The summed E-state index contributed by atoms with van der Waals surface area (Å²) in [5.41, 5.74) is 0. The van der Waals surface area contributed by atoms with E-state index < -0.39 is 36.0 Å². The van der Waals surface area contributed by atoms with E-state index in [9.17, 15) is 19.2 Å². The number of thioether (sulfide) groups is 1. The molecule has 1 fully saturated rings. The van der Waals surface area contributed by atoms with E-state index in [4.69, 9.17) is 9.15 Å². The molecule has 3 N–H and O–H groups in total. The maximum atomic E-state index is 12.5. The van der Waals surface area contributed by atoms with E-state index in [2.05, 4.69) is 16.0 Å². The third-order valence-electron chi connectivity index (χ3n) is 4.78. The topological polar surface area (TPSA) is 127 Å². The number of ether oxygens (including phenoxy) is 1. The van der Waals surface area contributed by atoms with Gasteiger partial charge in [-0.3, -0.25) is 14.9 Å². The number of urea groups is 1. The summed E-state index contributed by atoms with van der Waals surface area (Å²) in [6.45, 7) is 1.38. The molecule has 1 saturated carbocycles. The second kappa shape index (κ2) is 12.3. The van der Waals surface area contributed by atoms with Gasteiger partial charge in [0.2, 0.25) is 0 Å². The minimum atomic E-state index is -1.19. The number of hydrogen-bond acceptors (Lipinski definition) is 7. The highest BCUT2D eigenvalue weighted by atomic mass is 32.2. The van der Waals surface area contributed by atoms with Crippen LogP contribution in [-0.4, -0.2) is 54.0 Å². The first-order valence-corrected chi connectivity index (χ1v) is 11.4. The summed E-state index contributed by atoms with van der Waals surface area (Å²) in [5, 5.41) is 7.54. The molecule has 10 heteroatoms. The second-order valence-electron chi connectivity index (χ2n) is 7.16. The molecule has 0 aromatic carbocycles. The normalized spacial score (nSPS) is 16.2. The fraction of sp³-hybridized carbons (Fsp3) is 0.600. The summed E-state index contributed by atoms with van der Waals surface area (Å²) in [5.74, 6) is -1.35. The standard InChI is InChI=1S/C20H29N3O6S/c1-13(17(24)23-20(27)21-14-7-4-3-5-8-14)29-19(26)15(10-12-30-2)22-18(25)16-9-6-11-28-16/h6,9,11,13-15H,3-5,7-8,10,12H2,1-2H3,(H,22,25)(H2,21,23,24,27)/t13-,15+/m0/s1. The molecule has 30 heavy (non-hydrogen) atoms. The molecule has 1 aromatic rings. The third-order valence-corrected chi connectivity index (χ3v) is 5.43. The van der Waals surface area contributed by atoms with E-state index in [0.29, 0.717) is 12.2 Å². The van der Waals surface area contributed by atoms with E-state index >= 15 is 0 Å². The first-order chi connectivity index (χ1) is 14.4. The van der Waals surface area contributed by atoms with Crippen molar-refractivity contribution in [3.8, 4) is 0 Å². The molecule has 2 atom stereocenters. The summed E-state index contributed by atoms with van der Waals surface area (Å²) in [7, 11) is 0. The van der Waals surface area contributed by atoms with Crippen LogP contribution in [-0.2, 0) is 14.3 Å². The summed E-state index contributed by atoms with van der Waals surface area (Å²) in [6, 6.07) is 1.56. The number of hydrogen-bond donors (Lipinski definition) is 3. The molecule has 4 amide bonds. The van der Waals surface area contributed by atoms with Gasteiger partial charge < -0.3 is 19.8 Å². The van der Waals surface area contributed by atoms with Gasteiger partial charge >= 0.3 is 12.0 Å². The average Bonchev–Trinajstić information content (AvgIpc) is 3.26. The monoisotopic (exact) mass is 439 g/mol. The van der Waals surface area contributed by atoms with Crippen molar-refractivity contribution in [3.63, 3.8) is 0 Å². The molecular weight excluding hydrogens is 410 g/mol. The van der Waals surface area contributed by atoms with Crippen molar-refractivity contribution in [2.24, 2.45) is 0 Å². The fourth-order valence-corrected chi connectivity index (χ4v) is 3.59. The number of carbonyl (C=O) groups is 4. The number of esters is 1. The molecule has 1 heterocycles. The Kier molecular flexibility index (Phi) is 9.72. The lowest BCUT2D eigenvalue weighted by molar-refractivity contribution is -0.156. The van der Waals surface area contributed by atoms with Crippen molar-refractivity contribution in [3.05, 3.63) is 24.2 Å². The highest BCUT2D eigenvalue weighted by Gasteiger charge is 2.28. The fourth-order valence-electron chi connectivity index (χ4n) is 3.11. The van der Waals surface area contributed by atoms with Crippen LogP contribution in [0.4, 0.5) is 4.79 Å². The Morgan fingerprint density at radius 3 is 2.60 bits per heavy atom. The highest BCUT2D eigenvalue weighted by molar-refractivity contribution is 7.98. The van der Waals surface area contributed by atoms with E-state index in [1.165, 1.54) is 31.0 Å². The van der Waals surface area contributed by atoms with E-state index in [1.807, 2.05) is 6.26 Å². The van der Waals surface area contributed by atoms with Gasteiger partial charge in [-0.1, -0.05) is 19.3 Å². The zero-order valence-corrected chi connectivity index (χ0v) is 18.1. The van der Waals surface area contributed by atoms with Crippen LogP contribution in [0.15, 0.2) is 22.8 Å². The number of amides is 4. The lowest BCUT2D eigenvalue weighted by Gasteiger charge is -2.23. The van der Waals surface area contributed by atoms with Crippen LogP contribution >= 0.6 is 11.8 Å². The van der Waals surface area contributed by atoms with Gasteiger partial charge in [0.05, 0.1) is 6.26 Å². The van der Waals surface area contributed by atoms with Crippen molar-refractivity contribution < 1.29 is 28.3 Å². The minimum absolute atomic E-state index is 0.0529. The summed E-state index contributed by atoms with van der Waals surface area (Å²) < 4.78 is 10.2. The van der Waals surface area contributed by atoms with Gasteiger partial charge in [0.15, 0.2) is 11.9 Å². The van der Waals surface area contributed by atoms with Gasteiger partial charge in [-0.25, -0.2) is 9.59 Å². The second-order valence-corrected chi connectivity index (χ2v) is 8.15. The van der Waals surface area contributed by atoms with Crippen LogP contribution in [0.5, 0.6) is 0 Å². The molecule has 1 aliphatic rings. The Morgan fingerprint density at radius 1 is 1.23 bits per heavy atom. The molecular formula is C20H29N3O6S. The maximum Gasteiger partial charge on any atom is 0.329 e. The molecule has 0 radical (unpaired) electrons. The lowest BCUT2D eigenvalue weighted by atomic mass is 9.96. The van der Waals surface area contributed by atoms with E-state index in [-0.39, 0.29) is 11.8 Å². The number of nitrogens with one attached hydrogen (secondary N) is 3. The van der Waals surface area contributed by atoms with Crippen LogP contribution in [0.25, 0.3) is 0 Å². The molecule has 0 spiro atoms. The maximum absolute atomic E-state index is 12.5. The molecule has 0 bridgehead atoms. The summed E-state index contributed by atoms with van der Waals surface area (Å²) in [6.07, 6.45) is 7.39. The zero-order chi connectivity index (χ0) is 21.9.